The third kappa shape index (κ3) is 3.97. The zero-order valence-electron chi connectivity index (χ0n) is 13.7. The molecule has 2 rings (SSSR count). The second-order valence-electron chi connectivity index (χ2n) is 7.48. The molecular weight excluding hydrogens is 248 g/mol. The molecule has 2 aliphatic rings. The van der Waals surface area contributed by atoms with Gasteiger partial charge in [0.2, 0.25) is 5.91 Å². The summed E-state index contributed by atoms with van der Waals surface area (Å²) in [6.07, 6.45) is 6.61. The van der Waals surface area contributed by atoms with E-state index in [1.165, 1.54) is 32.1 Å². The van der Waals surface area contributed by atoms with Gasteiger partial charge in [0, 0.05) is 31.1 Å². The van der Waals surface area contributed by atoms with E-state index in [1.54, 1.807) is 0 Å². The van der Waals surface area contributed by atoms with Crippen molar-refractivity contribution in [2.75, 3.05) is 13.1 Å². The summed E-state index contributed by atoms with van der Waals surface area (Å²) in [6.45, 7) is 10.5. The van der Waals surface area contributed by atoms with Crippen LogP contribution in [0.3, 0.4) is 0 Å². The van der Waals surface area contributed by atoms with Gasteiger partial charge in [-0.3, -0.25) is 4.79 Å². The molecule has 2 atom stereocenters. The van der Waals surface area contributed by atoms with Crippen molar-refractivity contribution in [3.8, 4) is 0 Å². The molecule has 1 aliphatic carbocycles. The second kappa shape index (κ2) is 6.93. The van der Waals surface area contributed by atoms with E-state index in [2.05, 4.69) is 24.1 Å². The lowest BCUT2D eigenvalue weighted by molar-refractivity contribution is -0.137. The summed E-state index contributed by atoms with van der Waals surface area (Å²) in [5.74, 6) is 1.75. The van der Waals surface area contributed by atoms with Crippen LogP contribution in [0.2, 0.25) is 0 Å². The molecule has 1 heterocycles. The summed E-state index contributed by atoms with van der Waals surface area (Å²) in [4.78, 5) is 14.5. The first-order valence-electron chi connectivity index (χ1n) is 8.52. The number of hydrogen-bond donors (Lipinski definition) is 1. The first kappa shape index (κ1) is 15.8. The van der Waals surface area contributed by atoms with Gasteiger partial charge in [0.1, 0.15) is 0 Å². The van der Waals surface area contributed by atoms with E-state index in [0.29, 0.717) is 29.8 Å². The van der Waals surface area contributed by atoms with Crippen molar-refractivity contribution in [1.29, 1.82) is 0 Å². The predicted octanol–water partition coefficient (Wildman–Crippen LogP) is 3.05. The highest BCUT2D eigenvalue weighted by Crippen LogP contribution is 2.27. The maximum atomic E-state index is 12.3. The summed E-state index contributed by atoms with van der Waals surface area (Å²) in [5.41, 5.74) is 0. The summed E-state index contributed by atoms with van der Waals surface area (Å²) < 4.78 is 0. The van der Waals surface area contributed by atoms with Crippen LogP contribution in [0.1, 0.15) is 59.8 Å². The highest BCUT2D eigenvalue weighted by Gasteiger charge is 2.33. The number of amides is 1. The Balaban J connectivity index is 1.98. The molecule has 3 heteroatoms. The fourth-order valence-corrected chi connectivity index (χ4v) is 3.71. The number of hydrogen-bond acceptors (Lipinski definition) is 2. The highest BCUT2D eigenvalue weighted by atomic mass is 16.2. The van der Waals surface area contributed by atoms with Crippen molar-refractivity contribution in [3.63, 3.8) is 0 Å². The molecule has 0 aromatic heterocycles. The minimum Gasteiger partial charge on any atom is -0.341 e. The first-order valence-corrected chi connectivity index (χ1v) is 8.52. The summed E-state index contributed by atoms with van der Waals surface area (Å²) in [5, 5.41) is 3.83. The number of carbonyl (C=O) groups excluding carboxylic acids is 1. The molecule has 0 radical (unpaired) electrons. The summed E-state index contributed by atoms with van der Waals surface area (Å²) in [6, 6.07) is 1.20. The molecule has 1 aliphatic heterocycles. The van der Waals surface area contributed by atoms with Gasteiger partial charge in [-0.05, 0) is 31.1 Å². The smallest absolute Gasteiger partial charge is 0.225 e. The Bertz CT molecular complexity index is 319. The average Bonchev–Trinajstić information content (AvgIpc) is 2.90. The molecule has 0 aromatic rings. The number of nitrogens with one attached hydrogen (secondary N) is 1. The third-order valence-electron chi connectivity index (χ3n) is 5.06. The zero-order valence-corrected chi connectivity index (χ0v) is 13.7. The Hall–Kier alpha value is -0.570. The predicted molar refractivity (Wildman–Crippen MR) is 83.5 cm³/mol. The van der Waals surface area contributed by atoms with Crippen molar-refractivity contribution in [2.24, 2.45) is 17.8 Å². The average molecular weight is 280 g/mol. The SMILES string of the molecule is CC(C)C(=O)N1CC(NC2CCCC2)CC(C(C)C)C1. The van der Waals surface area contributed by atoms with Gasteiger partial charge in [0.25, 0.3) is 0 Å². The van der Waals surface area contributed by atoms with Crippen LogP contribution >= 0.6 is 0 Å². The fraction of sp³-hybridized carbons (Fsp3) is 0.941. The molecule has 0 aromatic carbocycles. The molecule has 2 fully saturated rings. The van der Waals surface area contributed by atoms with E-state index >= 15 is 0 Å². The van der Waals surface area contributed by atoms with Crippen LogP contribution in [0.4, 0.5) is 0 Å². The number of likely N-dealkylation sites (tertiary alicyclic amines) is 1. The molecular formula is C17H32N2O. The van der Waals surface area contributed by atoms with Gasteiger partial charge in [-0.2, -0.15) is 0 Å². The Morgan fingerprint density at radius 1 is 1.05 bits per heavy atom. The quantitative estimate of drug-likeness (QED) is 0.858. The van der Waals surface area contributed by atoms with Gasteiger partial charge < -0.3 is 10.2 Å². The second-order valence-corrected chi connectivity index (χ2v) is 7.48. The molecule has 2 unspecified atom stereocenters. The van der Waals surface area contributed by atoms with E-state index in [-0.39, 0.29) is 5.92 Å². The van der Waals surface area contributed by atoms with E-state index in [4.69, 9.17) is 0 Å². The fourth-order valence-electron chi connectivity index (χ4n) is 3.71. The standard InChI is InChI=1S/C17H32N2O/c1-12(2)14-9-16(18-15-7-5-6-8-15)11-19(10-14)17(20)13(3)4/h12-16,18H,5-11H2,1-4H3. The van der Waals surface area contributed by atoms with Crippen molar-refractivity contribution in [1.82, 2.24) is 10.2 Å². The van der Waals surface area contributed by atoms with Gasteiger partial charge >= 0.3 is 0 Å². The Morgan fingerprint density at radius 2 is 1.70 bits per heavy atom. The van der Waals surface area contributed by atoms with E-state index in [9.17, 15) is 4.79 Å². The van der Waals surface area contributed by atoms with Crippen molar-refractivity contribution < 1.29 is 4.79 Å². The van der Waals surface area contributed by atoms with Crippen molar-refractivity contribution >= 4 is 5.91 Å². The number of piperidine rings is 1. The van der Waals surface area contributed by atoms with Crippen molar-refractivity contribution in [2.45, 2.75) is 71.9 Å². The first-order chi connectivity index (χ1) is 9.47. The van der Waals surface area contributed by atoms with Crippen LogP contribution in [0, 0.1) is 17.8 Å². The van der Waals surface area contributed by atoms with Crippen LogP contribution in [0.5, 0.6) is 0 Å². The molecule has 3 nitrogen and oxygen atoms in total. The van der Waals surface area contributed by atoms with Crippen molar-refractivity contribution in [3.05, 3.63) is 0 Å². The van der Waals surface area contributed by atoms with Gasteiger partial charge in [0.15, 0.2) is 0 Å². The minimum atomic E-state index is 0.119. The maximum Gasteiger partial charge on any atom is 0.225 e. The molecule has 1 amide bonds. The van der Waals surface area contributed by atoms with E-state index in [0.717, 1.165) is 13.1 Å². The van der Waals surface area contributed by atoms with Crippen LogP contribution in [-0.2, 0) is 4.79 Å². The largest absolute Gasteiger partial charge is 0.341 e. The minimum absolute atomic E-state index is 0.119. The number of rotatable bonds is 4. The number of carbonyl (C=O) groups is 1. The molecule has 1 N–H and O–H groups in total. The molecule has 1 saturated carbocycles. The summed E-state index contributed by atoms with van der Waals surface area (Å²) >= 11 is 0. The van der Waals surface area contributed by atoms with Gasteiger partial charge in [-0.25, -0.2) is 0 Å². The summed E-state index contributed by atoms with van der Waals surface area (Å²) in [7, 11) is 0. The lowest BCUT2D eigenvalue weighted by Crippen LogP contribution is -2.54. The topological polar surface area (TPSA) is 32.3 Å². The van der Waals surface area contributed by atoms with E-state index in [1.807, 2.05) is 13.8 Å². The Labute approximate surface area is 124 Å². The molecule has 116 valence electrons. The zero-order chi connectivity index (χ0) is 14.7. The van der Waals surface area contributed by atoms with Gasteiger partial charge in [-0.15, -0.1) is 0 Å². The Kier molecular flexibility index (Phi) is 5.48. The lowest BCUT2D eigenvalue weighted by Gasteiger charge is -2.41. The number of nitrogens with zero attached hydrogens (tertiary/aromatic N) is 1. The van der Waals surface area contributed by atoms with Gasteiger partial charge in [0.05, 0.1) is 0 Å². The van der Waals surface area contributed by atoms with Crippen LogP contribution in [0.15, 0.2) is 0 Å². The third-order valence-corrected chi connectivity index (χ3v) is 5.06. The highest BCUT2D eigenvalue weighted by molar-refractivity contribution is 5.78. The van der Waals surface area contributed by atoms with Crippen LogP contribution in [-0.4, -0.2) is 36.0 Å². The Morgan fingerprint density at radius 3 is 2.25 bits per heavy atom. The monoisotopic (exact) mass is 280 g/mol. The molecule has 1 saturated heterocycles. The lowest BCUT2D eigenvalue weighted by atomic mass is 9.85. The van der Waals surface area contributed by atoms with Crippen LogP contribution in [0.25, 0.3) is 0 Å². The normalized spacial score (nSPS) is 28.6. The molecule has 20 heavy (non-hydrogen) atoms. The molecule has 0 bridgehead atoms. The maximum absolute atomic E-state index is 12.3. The van der Waals surface area contributed by atoms with Crippen LogP contribution < -0.4 is 5.32 Å². The van der Waals surface area contributed by atoms with Gasteiger partial charge in [-0.1, -0.05) is 40.5 Å². The van der Waals surface area contributed by atoms with E-state index < -0.39 is 0 Å². The molecule has 0 spiro atoms.